The summed E-state index contributed by atoms with van der Waals surface area (Å²) in [6, 6.07) is 12.3. The number of fused-ring (bicyclic) bond motifs is 1. The van der Waals surface area contributed by atoms with Crippen molar-refractivity contribution in [2.45, 2.75) is 19.9 Å². The summed E-state index contributed by atoms with van der Waals surface area (Å²) in [5.74, 6) is -0.846. The smallest absolute Gasteiger partial charge is 0.348 e. The molecule has 0 radical (unpaired) electrons. The van der Waals surface area contributed by atoms with Gasteiger partial charge in [-0.2, -0.15) is 0 Å². The van der Waals surface area contributed by atoms with E-state index < -0.39 is 5.97 Å². The van der Waals surface area contributed by atoms with Gasteiger partial charge in [-0.3, -0.25) is 4.79 Å². The standard InChI is InChI=1S/C22H23FN2O3S/c1-4-28-22(27)21-15(20-16(23)9-7-11-18(20)29-21)13-24-17-10-6-5-8-14(17)12-19(26)25(2)3/h5-11,24H,4,12-13H2,1-3H3. The lowest BCUT2D eigenvalue weighted by Crippen LogP contribution is -2.24. The predicted molar refractivity (Wildman–Crippen MR) is 114 cm³/mol. The number of benzene rings is 2. The molecule has 0 unspecified atom stereocenters. The number of esters is 1. The van der Waals surface area contributed by atoms with E-state index in [2.05, 4.69) is 5.32 Å². The highest BCUT2D eigenvalue weighted by Crippen LogP contribution is 2.34. The number of carbonyl (C=O) groups excluding carboxylic acids is 2. The number of hydrogen-bond donors (Lipinski definition) is 1. The average Bonchev–Trinajstić information content (AvgIpc) is 3.07. The van der Waals surface area contributed by atoms with Crippen LogP contribution in [0.2, 0.25) is 0 Å². The lowest BCUT2D eigenvalue weighted by Gasteiger charge is -2.15. The molecule has 1 heterocycles. The van der Waals surface area contributed by atoms with Crippen LogP contribution in [0.15, 0.2) is 42.5 Å². The van der Waals surface area contributed by atoms with Gasteiger partial charge in [-0.05, 0) is 30.7 Å². The quantitative estimate of drug-likeness (QED) is 0.580. The fraction of sp³-hybridized carbons (Fsp3) is 0.273. The van der Waals surface area contributed by atoms with Crippen LogP contribution in [0.1, 0.15) is 27.7 Å². The second-order valence-corrected chi connectivity index (χ2v) is 7.77. The van der Waals surface area contributed by atoms with Crippen LogP contribution in [0.3, 0.4) is 0 Å². The number of likely N-dealkylation sites (N-methyl/N-ethyl adjacent to an activating group) is 1. The summed E-state index contributed by atoms with van der Waals surface area (Å²) in [7, 11) is 3.43. The van der Waals surface area contributed by atoms with Crippen LogP contribution >= 0.6 is 11.3 Å². The van der Waals surface area contributed by atoms with Crippen molar-refractivity contribution >= 4 is 39.0 Å². The number of thiophene rings is 1. The second-order valence-electron chi connectivity index (χ2n) is 6.72. The molecule has 3 rings (SSSR count). The van der Waals surface area contributed by atoms with Gasteiger partial charge in [-0.1, -0.05) is 24.3 Å². The zero-order valence-electron chi connectivity index (χ0n) is 16.6. The summed E-state index contributed by atoms with van der Waals surface area (Å²) in [5.41, 5.74) is 2.17. The summed E-state index contributed by atoms with van der Waals surface area (Å²) in [4.78, 5) is 26.5. The summed E-state index contributed by atoms with van der Waals surface area (Å²) >= 11 is 1.22. The first-order chi connectivity index (χ1) is 13.9. The number of nitrogens with zero attached hydrogens (tertiary/aromatic N) is 1. The van der Waals surface area contributed by atoms with Crippen molar-refractivity contribution < 1.29 is 18.7 Å². The molecular formula is C22H23FN2O3S. The van der Waals surface area contributed by atoms with Gasteiger partial charge < -0.3 is 15.0 Å². The number of para-hydroxylation sites is 1. The van der Waals surface area contributed by atoms with Crippen LogP contribution in [0.5, 0.6) is 0 Å². The Morgan fingerprint density at radius 3 is 2.62 bits per heavy atom. The number of ether oxygens (including phenoxy) is 1. The summed E-state index contributed by atoms with van der Waals surface area (Å²) in [6.45, 7) is 2.22. The number of halogens is 1. The van der Waals surface area contributed by atoms with Crippen LogP contribution in [0, 0.1) is 5.82 Å². The maximum atomic E-state index is 14.6. The lowest BCUT2D eigenvalue weighted by molar-refractivity contribution is -0.127. The molecule has 0 fully saturated rings. The Labute approximate surface area is 173 Å². The molecular weight excluding hydrogens is 391 g/mol. The van der Waals surface area contributed by atoms with Gasteiger partial charge in [0, 0.05) is 42.0 Å². The van der Waals surface area contributed by atoms with Gasteiger partial charge >= 0.3 is 5.97 Å². The van der Waals surface area contributed by atoms with Crippen LogP contribution in [-0.4, -0.2) is 37.5 Å². The minimum Gasteiger partial charge on any atom is -0.462 e. The van der Waals surface area contributed by atoms with E-state index in [4.69, 9.17) is 4.74 Å². The number of anilines is 1. The molecule has 1 N–H and O–H groups in total. The minimum absolute atomic E-state index is 0.0153. The van der Waals surface area contributed by atoms with Crippen molar-refractivity contribution in [1.82, 2.24) is 4.90 Å². The largest absolute Gasteiger partial charge is 0.462 e. The van der Waals surface area contributed by atoms with Crippen LogP contribution in [-0.2, 0) is 22.5 Å². The molecule has 0 aliphatic heterocycles. The Balaban J connectivity index is 1.94. The molecule has 5 nitrogen and oxygen atoms in total. The molecule has 0 bridgehead atoms. The molecule has 3 aromatic rings. The lowest BCUT2D eigenvalue weighted by atomic mass is 10.1. The topological polar surface area (TPSA) is 58.6 Å². The maximum Gasteiger partial charge on any atom is 0.348 e. The third-order valence-electron chi connectivity index (χ3n) is 4.54. The maximum absolute atomic E-state index is 14.6. The van der Waals surface area contributed by atoms with Crippen molar-refractivity contribution in [3.05, 3.63) is 64.3 Å². The Morgan fingerprint density at radius 2 is 1.90 bits per heavy atom. The Hall–Kier alpha value is -2.93. The molecule has 1 aromatic heterocycles. The van der Waals surface area contributed by atoms with Gasteiger partial charge in [0.05, 0.1) is 13.0 Å². The highest BCUT2D eigenvalue weighted by atomic mass is 32.1. The fourth-order valence-corrected chi connectivity index (χ4v) is 4.18. The van der Waals surface area contributed by atoms with E-state index >= 15 is 0 Å². The van der Waals surface area contributed by atoms with E-state index in [1.54, 1.807) is 33.2 Å². The van der Waals surface area contributed by atoms with Crippen molar-refractivity contribution in [1.29, 1.82) is 0 Å². The van der Waals surface area contributed by atoms with Gasteiger partial charge in [0.15, 0.2) is 0 Å². The normalized spacial score (nSPS) is 10.8. The molecule has 29 heavy (non-hydrogen) atoms. The van der Waals surface area contributed by atoms with Gasteiger partial charge in [0.2, 0.25) is 5.91 Å². The van der Waals surface area contributed by atoms with Crippen molar-refractivity contribution in [2.24, 2.45) is 0 Å². The molecule has 0 atom stereocenters. The van der Waals surface area contributed by atoms with E-state index in [0.29, 0.717) is 20.5 Å². The van der Waals surface area contributed by atoms with Crippen LogP contribution < -0.4 is 5.32 Å². The highest BCUT2D eigenvalue weighted by Gasteiger charge is 2.22. The summed E-state index contributed by atoms with van der Waals surface area (Å²) in [5, 5.41) is 3.70. The summed E-state index contributed by atoms with van der Waals surface area (Å²) in [6.07, 6.45) is 0.250. The van der Waals surface area contributed by atoms with Gasteiger partial charge in [0.1, 0.15) is 10.7 Å². The van der Waals surface area contributed by atoms with Crippen LogP contribution in [0.4, 0.5) is 10.1 Å². The van der Waals surface area contributed by atoms with E-state index in [1.807, 2.05) is 24.3 Å². The van der Waals surface area contributed by atoms with E-state index in [9.17, 15) is 14.0 Å². The van der Waals surface area contributed by atoms with E-state index in [-0.39, 0.29) is 31.3 Å². The summed E-state index contributed by atoms with van der Waals surface area (Å²) < 4.78 is 20.4. The Morgan fingerprint density at radius 1 is 1.14 bits per heavy atom. The van der Waals surface area contributed by atoms with Crippen molar-refractivity contribution in [3.63, 3.8) is 0 Å². The van der Waals surface area contributed by atoms with Crippen LogP contribution in [0.25, 0.3) is 10.1 Å². The minimum atomic E-state index is -0.457. The van der Waals surface area contributed by atoms with Gasteiger partial charge in [0.25, 0.3) is 0 Å². The second kappa shape index (κ2) is 9.05. The predicted octanol–water partition coefficient (Wildman–Crippen LogP) is 4.46. The third kappa shape index (κ3) is 4.56. The molecule has 152 valence electrons. The first kappa shape index (κ1) is 20.8. The number of carbonyl (C=O) groups is 2. The Kier molecular flexibility index (Phi) is 6.49. The molecule has 2 aromatic carbocycles. The first-order valence-corrected chi connectivity index (χ1v) is 10.1. The van der Waals surface area contributed by atoms with E-state index in [1.165, 1.54) is 22.3 Å². The Bertz CT molecular complexity index is 1050. The monoisotopic (exact) mass is 414 g/mol. The zero-order valence-corrected chi connectivity index (χ0v) is 17.4. The van der Waals surface area contributed by atoms with E-state index in [0.717, 1.165) is 11.3 Å². The molecule has 0 aliphatic rings. The number of nitrogens with one attached hydrogen (secondary N) is 1. The average molecular weight is 415 g/mol. The molecule has 0 saturated heterocycles. The molecule has 0 aliphatic carbocycles. The molecule has 7 heteroatoms. The third-order valence-corrected chi connectivity index (χ3v) is 5.71. The van der Waals surface area contributed by atoms with Crippen molar-refractivity contribution in [2.75, 3.05) is 26.0 Å². The zero-order chi connectivity index (χ0) is 21.0. The van der Waals surface area contributed by atoms with Gasteiger partial charge in [-0.15, -0.1) is 11.3 Å². The number of hydrogen-bond acceptors (Lipinski definition) is 5. The number of rotatable bonds is 7. The SMILES string of the molecule is CCOC(=O)c1sc2cccc(F)c2c1CNc1ccccc1CC(=O)N(C)C. The highest BCUT2D eigenvalue weighted by molar-refractivity contribution is 7.21. The number of amides is 1. The molecule has 0 spiro atoms. The first-order valence-electron chi connectivity index (χ1n) is 9.31. The van der Waals surface area contributed by atoms with Gasteiger partial charge in [-0.25, -0.2) is 9.18 Å². The molecule has 0 saturated carbocycles. The van der Waals surface area contributed by atoms with Crippen molar-refractivity contribution in [3.8, 4) is 0 Å². The molecule has 1 amide bonds. The fourth-order valence-electron chi connectivity index (χ4n) is 3.05.